The fourth-order valence-corrected chi connectivity index (χ4v) is 2.03. The monoisotopic (exact) mass is 343 g/mol. The highest BCUT2D eigenvalue weighted by Gasteiger charge is 2.06. The average Bonchev–Trinajstić information content (AvgIpc) is 2.64. The fourth-order valence-electron chi connectivity index (χ4n) is 2.03. The first-order valence-electron chi connectivity index (χ1n) is 7.33. The first-order valence-corrected chi connectivity index (χ1v) is 7.33. The van der Waals surface area contributed by atoms with Crippen molar-refractivity contribution in [2.24, 2.45) is 0 Å². The highest BCUT2D eigenvalue weighted by atomic mass is 16.6. The van der Waals surface area contributed by atoms with Crippen molar-refractivity contribution in [2.75, 3.05) is 14.2 Å². The number of hydrogen-bond donors (Lipinski definition) is 0. The van der Waals surface area contributed by atoms with Crippen LogP contribution in [0.5, 0.6) is 11.5 Å². The van der Waals surface area contributed by atoms with Gasteiger partial charge in [0.15, 0.2) is 0 Å². The van der Waals surface area contributed by atoms with Gasteiger partial charge in [-0.1, -0.05) is 0 Å². The van der Waals surface area contributed by atoms with Gasteiger partial charge < -0.3 is 14.2 Å². The van der Waals surface area contributed by atoms with Crippen molar-refractivity contribution >= 4 is 17.7 Å². The van der Waals surface area contributed by atoms with Gasteiger partial charge >= 0.3 is 5.97 Å². The summed E-state index contributed by atoms with van der Waals surface area (Å²) in [5, 5.41) is 10.6. The third-order valence-corrected chi connectivity index (χ3v) is 3.37. The van der Waals surface area contributed by atoms with Crippen LogP contribution in [-0.4, -0.2) is 25.1 Å². The summed E-state index contributed by atoms with van der Waals surface area (Å²) in [6, 6.07) is 11.0. The van der Waals surface area contributed by atoms with Gasteiger partial charge in [0.25, 0.3) is 5.69 Å². The number of ether oxygens (including phenoxy) is 3. The molecule has 25 heavy (non-hydrogen) atoms. The second-order valence-corrected chi connectivity index (χ2v) is 4.97. The maximum Gasteiger partial charge on any atom is 0.331 e. The minimum atomic E-state index is -0.531. The van der Waals surface area contributed by atoms with Crippen molar-refractivity contribution < 1.29 is 23.9 Å². The molecule has 0 fully saturated rings. The molecule has 0 aliphatic heterocycles. The Morgan fingerprint density at radius 3 is 2.44 bits per heavy atom. The van der Waals surface area contributed by atoms with Crippen LogP contribution in [0.15, 0.2) is 48.5 Å². The number of carbonyl (C=O) groups excluding carboxylic acids is 1. The summed E-state index contributed by atoms with van der Waals surface area (Å²) in [6.07, 6.45) is 2.87. The predicted octanol–water partition coefficient (Wildman–Crippen LogP) is 3.37. The van der Waals surface area contributed by atoms with Gasteiger partial charge in [0.1, 0.15) is 18.1 Å². The fraction of sp³-hybridized carbons (Fsp3) is 0.167. The first-order chi connectivity index (χ1) is 12.0. The molecule has 0 heterocycles. The molecule has 0 atom stereocenters. The van der Waals surface area contributed by atoms with Crippen LogP contribution in [0.4, 0.5) is 5.69 Å². The van der Waals surface area contributed by atoms with E-state index >= 15 is 0 Å². The number of nitrogens with zero attached hydrogens (tertiary/aromatic N) is 1. The summed E-state index contributed by atoms with van der Waals surface area (Å²) in [6.45, 7) is 0.0287. The van der Waals surface area contributed by atoms with Crippen LogP contribution in [0.2, 0.25) is 0 Å². The van der Waals surface area contributed by atoms with Gasteiger partial charge in [-0.05, 0) is 35.9 Å². The Hall–Kier alpha value is -3.35. The van der Waals surface area contributed by atoms with Crippen LogP contribution in [0.25, 0.3) is 6.08 Å². The number of rotatable bonds is 7. The van der Waals surface area contributed by atoms with Crippen molar-refractivity contribution in [2.45, 2.75) is 6.61 Å². The minimum Gasteiger partial charge on any atom is -0.497 e. The lowest BCUT2D eigenvalue weighted by Gasteiger charge is -2.07. The molecule has 0 amide bonds. The normalized spacial score (nSPS) is 10.5. The van der Waals surface area contributed by atoms with Crippen molar-refractivity contribution in [1.29, 1.82) is 0 Å². The zero-order valence-corrected chi connectivity index (χ0v) is 13.8. The summed E-state index contributed by atoms with van der Waals surface area (Å²) < 4.78 is 15.5. The average molecular weight is 343 g/mol. The van der Waals surface area contributed by atoms with Gasteiger partial charge in [-0.2, -0.15) is 0 Å². The van der Waals surface area contributed by atoms with E-state index in [9.17, 15) is 14.9 Å². The Balaban J connectivity index is 1.95. The number of esters is 1. The Kier molecular flexibility index (Phi) is 6.11. The maximum atomic E-state index is 11.8. The summed E-state index contributed by atoms with van der Waals surface area (Å²) in [5.74, 6) is 0.685. The molecule has 0 bridgehead atoms. The molecule has 0 radical (unpaired) electrons. The minimum absolute atomic E-state index is 0.0124. The third kappa shape index (κ3) is 5.07. The molecule has 7 nitrogen and oxygen atoms in total. The first kappa shape index (κ1) is 18.0. The third-order valence-electron chi connectivity index (χ3n) is 3.37. The topological polar surface area (TPSA) is 87.9 Å². The van der Waals surface area contributed by atoms with E-state index in [0.717, 1.165) is 0 Å². The molecule has 0 aliphatic carbocycles. The lowest BCUT2D eigenvalue weighted by molar-refractivity contribution is -0.384. The quantitative estimate of drug-likeness (QED) is 0.331. The summed E-state index contributed by atoms with van der Waals surface area (Å²) in [5.41, 5.74) is 1.35. The molecule has 2 aromatic carbocycles. The molecule has 7 heteroatoms. The zero-order valence-electron chi connectivity index (χ0n) is 13.8. The Morgan fingerprint density at radius 1 is 1.12 bits per heavy atom. The Labute approximate surface area is 144 Å². The maximum absolute atomic E-state index is 11.8. The van der Waals surface area contributed by atoms with E-state index in [1.165, 1.54) is 25.3 Å². The molecule has 0 saturated carbocycles. The molecular formula is C18H17NO6. The van der Waals surface area contributed by atoms with Crippen molar-refractivity contribution in [3.8, 4) is 11.5 Å². The van der Waals surface area contributed by atoms with E-state index < -0.39 is 10.9 Å². The second-order valence-electron chi connectivity index (χ2n) is 4.97. The van der Waals surface area contributed by atoms with Crippen LogP contribution in [0, 0.1) is 10.1 Å². The Morgan fingerprint density at radius 2 is 1.84 bits per heavy atom. The molecule has 0 saturated heterocycles. The van der Waals surface area contributed by atoms with Crippen molar-refractivity contribution in [1.82, 2.24) is 0 Å². The van der Waals surface area contributed by atoms with Gasteiger partial charge in [0.2, 0.25) is 0 Å². The molecule has 0 unspecified atom stereocenters. The number of non-ortho nitro benzene ring substituents is 1. The van der Waals surface area contributed by atoms with Gasteiger partial charge in [-0.15, -0.1) is 0 Å². The molecule has 0 aromatic heterocycles. The molecular weight excluding hydrogens is 326 g/mol. The standard InChI is InChI=1S/C18H17NO6/c1-23-16-9-5-14(17(11-16)24-2)6-10-18(20)25-12-13-3-7-15(8-4-13)19(21)22/h3-11H,12H2,1-2H3/b10-6+. The lowest BCUT2D eigenvalue weighted by atomic mass is 10.1. The molecule has 0 N–H and O–H groups in total. The van der Waals surface area contributed by atoms with Gasteiger partial charge in [-0.25, -0.2) is 4.79 Å². The number of nitro benzene ring substituents is 1. The molecule has 2 aromatic rings. The summed E-state index contributed by atoms with van der Waals surface area (Å²) >= 11 is 0. The summed E-state index contributed by atoms with van der Waals surface area (Å²) in [7, 11) is 3.08. The largest absolute Gasteiger partial charge is 0.497 e. The predicted molar refractivity (Wildman–Crippen MR) is 91.5 cm³/mol. The SMILES string of the molecule is COc1ccc(/C=C/C(=O)OCc2ccc([N+](=O)[O-])cc2)c(OC)c1. The van der Waals surface area contributed by atoms with Crippen LogP contribution in [0.1, 0.15) is 11.1 Å². The van der Waals surface area contributed by atoms with Crippen LogP contribution in [0.3, 0.4) is 0 Å². The molecule has 0 spiro atoms. The van der Waals surface area contributed by atoms with Crippen LogP contribution >= 0.6 is 0 Å². The van der Waals surface area contributed by atoms with Crippen LogP contribution in [-0.2, 0) is 16.1 Å². The number of hydrogen-bond acceptors (Lipinski definition) is 6. The van der Waals surface area contributed by atoms with E-state index in [4.69, 9.17) is 14.2 Å². The van der Waals surface area contributed by atoms with E-state index in [0.29, 0.717) is 22.6 Å². The number of benzene rings is 2. The Bertz CT molecular complexity index is 783. The van der Waals surface area contributed by atoms with Crippen molar-refractivity contribution in [3.05, 3.63) is 69.8 Å². The van der Waals surface area contributed by atoms with Gasteiger partial charge in [-0.3, -0.25) is 10.1 Å². The summed E-state index contributed by atoms with van der Waals surface area (Å²) in [4.78, 5) is 21.9. The highest BCUT2D eigenvalue weighted by molar-refractivity contribution is 5.87. The van der Waals surface area contributed by atoms with Gasteiger partial charge in [0.05, 0.1) is 19.1 Å². The lowest BCUT2D eigenvalue weighted by Crippen LogP contribution is -2.01. The van der Waals surface area contributed by atoms with Crippen molar-refractivity contribution in [3.63, 3.8) is 0 Å². The van der Waals surface area contributed by atoms with Gasteiger partial charge in [0, 0.05) is 29.8 Å². The van der Waals surface area contributed by atoms with E-state index in [2.05, 4.69) is 0 Å². The number of carbonyl (C=O) groups is 1. The molecule has 0 aliphatic rings. The molecule has 130 valence electrons. The van der Waals surface area contributed by atoms with E-state index in [1.807, 2.05) is 0 Å². The second kappa shape index (κ2) is 8.49. The number of nitro groups is 1. The smallest absolute Gasteiger partial charge is 0.331 e. The zero-order chi connectivity index (χ0) is 18.2. The highest BCUT2D eigenvalue weighted by Crippen LogP contribution is 2.25. The van der Waals surface area contributed by atoms with E-state index in [1.54, 1.807) is 43.5 Å². The molecule has 2 rings (SSSR count). The number of methoxy groups -OCH3 is 2. The van der Waals surface area contributed by atoms with Crippen LogP contribution < -0.4 is 9.47 Å². The van der Waals surface area contributed by atoms with E-state index in [-0.39, 0.29) is 12.3 Å².